The van der Waals surface area contributed by atoms with Gasteiger partial charge in [-0.3, -0.25) is 0 Å². The van der Waals surface area contributed by atoms with E-state index in [9.17, 15) is 5.26 Å². The molecule has 0 aliphatic rings. The summed E-state index contributed by atoms with van der Waals surface area (Å²) in [7, 11) is 0. The molecule has 224 valence electrons. The molecule has 1 aromatic heterocycles. The second kappa shape index (κ2) is 9.67. The molecule has 10 aromatic carbocycles. The third-order valence-corrected chi connectivity index (χ3v) is 10.7. The fourth-order valence-corrected chi connectivity index (χ4v) is 8.59. The summed E-state index contributed by atoms with van der Waals surface area (Å²) in [5, 5.41) is 24.9. The summed E-state index contributed by atoms with van der Waals surface area (Å²) in [5.74, 6) is 0. The molecule has 0 aliphatic carbocycles. The van der Waals surface area contributed by atoms with Gasteiger partial charge >= 0.3 is 0 Å². The molecule has 0 saturated carbocycles. The number of para-hydroxylation sites is 1. The zero-order valence-corrected chi connectivity index (χ0v) is 26.4. The Morgan fingerprint density at radius 2 is 0.980 bits per heavy atom. The van der Waals surface area contributed by atoms with E-state index in [0.29, 0.717) is 5.56 Å². The van der Waals surface area contributed by atoms with Crippen molar-refractivity contribution in [1.82, 2.24) is 4.57 Å². The van der Waals surface area contributed by atoms with Crippen molar-refractivity contribution >= 4 is 75.7 Å². The van der Waals surface area contributed by atoms with Crippen molar-refractivity contribution in [2.75, 3.05) is 0 Å². The number of fused-ring (bicyclic) bond motifs is 1. The highest BCUT2D eigenvalue weighted by Gasteiger charge is 2.21. The zero-order valence-electron chi connectivity index (χ0n) is 26.4. The van der Waals surface area contributed by atoms with Crippen LogP contribution in [0.2, 0.25) is 0 Å². The first-order valence-electron chi connectivity index (χ1n) is 16.7. The highest BCUT2D eigenvalue weighted by Crippen LogP contribution is 2.46. The molecule has 0 fully saturated rings. The molecule has 11 aromatic rings. The van der Waals surface area contributed by atoms with Gasteiger partial charge < -0.3 is 4.57 Å². The Kier molecular flexibility index (Phi) is 5.21. The summed E-state index contributed by atoms with van der Waals surface area (Å²) in [6.45, 7) is 0. The predicted molar refractivity (Wildman–Crippen MR) is 206 cm³/mol. The molecule has 1 heterocycles. The van der Waals surface area contributed by atoms with Crippen LogP contribution in [0.25, 0.3) is 104 Å². The van der Waals surface area contributed by atoms with Crippen molar-refractivity contribution < 1.29 is 0 Å². The van der Waals surface area contributed by atoms with E-state index < -0.39 is 0 Å². The molecule has 2 nitrogen and oxygen atoms in total. The smallest absolute Gasteiger partial charge is 0.0992 e. The van der Waals surface area contributed by atoms with E-state index in [1.54, 1.807) is 0 Å². The highest BCUT2D eigenvalue weighted by molar-refractivity contribution is 6.29. The second-order valence-electron chi connectivity index (χ2n) is 13.2. The Morgan fingerprint density at radius 3 is 1.76 bits per heavy atom. The second-order valence-corrected chi connectivity index (χ2v) is 13.2. The van der Waals surface area contributed by atoms with Crippen LogP contribution in [0.15, 0.2) is 158 Å². The Hall–Kier alpha value is -6.69. The van der Waals surface area contributed by atoms with E-state index in [1.165, 1.54) is 81.5 Å². The van der Waals surface area contributed by atoms with Gasteiger partial charge in [-0.25, -0.2) is 0 Å². The van der Waals surface area contributed by atoms with Crippen LogP contribution in [0.4, 0.5) is 0 Å². The Morgan fingerprint density at radius 1 is 0.388 bits per heavy atom. The number of nitriles is 1. The quantitative estimate of drug-likeness (QED) is 0.181. The van der Waals surface area contributed by atoms with Crippen molar-refractivity contribution in [3.63, 3.8) is 0 Å². The number of hydrogen-bond acceptors (Lipinski definition) is 1. The fraction of sp³-hybridized carbons (Fsp3) is 0. The molecule has 0 bridgehead atoms. The first kappa shape index (κ1) is 26.4. The van der Waals surface area contributed by atoms with Crippen LogP contribution in [0, 0.1) is 11.3 Å². The van der Waals surface area contributed by atoms with Crippen molar-refractivity contribution in [2.24, 2.45) is 0 Å². The number of rotatable bonds is 3. The average molecular weight is 619 g/mol. The van der Waals surface area contributed by atoms with Gasteiger partial charge in [-0.2, -0.15) is 5.26 Å². The minimum Gasteiger partial charge on any atom is -0.309 e. The molecule has 0 amide bonds. The first-order valence-corrected chi connectivity index (χ1v) is 16.7. The summed E-state index contributed by atoms with van der Waals surface area (Å²) in [5.41, 5.74) is 8.91. The molecule has 0 N–H and O–H groups in total. The fourth-order valence-electron chi connectivity index (χ4n) is 8.59. The van der Waals surface area contributed by atoms with Crippen LogP contribution < -0.4 is 0 Å². The molecular weight excluding hydrogens is 593 g/mol. The molecule has 49 heavy (non-hydrogen) atoms. The third-order valence-electron chi connectivity index (χ3n) is 10.7. The van der Waals surface area contributed by atoms with Crippen molar-refractivity contribution in [2.45, 2.75) is 0 Å². The van der Waals surface area contributed by atoms with Crippen molar-refractivity contribution in [3.8, 4) is 34.0 Å². The Labute approximate surface area is 282 Å². The lowest BCUT2D eigenvalue weighted by atomic mass is 9.86. The average Bonchev–Trinajstić information content (AvgIpc) is 3.50. The molecule has 0 unspecified atom stereocenters. The van der Waals surface area contributed by atoms with Crippen molar-refractivity contribution in [1.29, 1.82) is 5.26 Å². The van der Waals surface area contributed by atoms with Crippen LogP contribution >= 0.6 is 0 Å². The van der Waals surface area contributed by atoms with Gasteiger partial charge in [0.05, 0.1) is 22.7 Å². The molecule has 2 heteroatoms. The predicted octanol–water partition coefficient (Wildman–Crippen LogP) is 12.6. The lowest BCUT2D eigenvalue weighted by Crippen LogP contribution is -1.94. The van der Waals surface area contributed by atoms with Gasteiger partial charge in [0.15, 0.2) is 0 Å². The summed E-state index contributed by atoms with van der Waals surface area (Å²) >= 11 is 0. The van der Waals surface area contributed by atoms with Gasteiger partial charge in [0.1, 0.15) is 0 Å². The maximum Gasteiger partial charge on any atom is 0.0992 e. The number of nitrogens with zero attached hydrogens (tertiary/aromatic N) is 2. The van der Waals surface area contributed by atoms with E-state index in [2.05, 4.69) is 156 Å². The van der Waals surface area contributed by atoms with E-state index in [-0.39, 0.29) is 0 Å². The highest BCUT2D eigenvalue weighted by atomic mass is 15.0. The number of hydrogen-bond donors (Lipinski definition) is 0. The summed E-state index contributed by atoms with van der Waals surface area (Å²) in [6, 6.07) is 59.7. The van der Waals surface area contributed by atoms with Gasteiger partial charge in [0, 0.05) is 16.5 Å². The first-order chi connectivity index (χ1) is 24.2. The lowest BCUT2D eigenvalue weighted by molar-refractivity contribution is 1.18. The largest absolute Gasteiger partial charge is 0.309 e. The van der Waals surface area contributed by atoms with E-state index >= 15 is 0 Å². The van der Waals surface area contributed by atoms with Crippen LogP contribution in [0.1, 0.15) is 5.56 Å². The minimum atomic E-state index is 0.672. The molecule has 0 radical (unpaired) electrons. The van der Waals surface area contributed by atoms with Gasteiger partial charge in [-0.15, -0.1) is 0 Å². The summed E-state index contributed by atoms with van der Waals surface area (Å²) in [4.78, 5) is 0. The van der Waals surface area contributed by atoms with E-state index in [1.807, 2.05) is 12.1 Å². The third kappa shape index (κ3) is 3.59. The molecule has 0 saturated heterocycles. The van der Waals surface area contributed by atoms with E-state index in [4.69, 9.17) is 0 Å². The maximum atomic E-state index is 9.92. The topological polar surface area (TPSA) is 28.7 Å². The SMILES string of the molecule is N#Cc1cc2ccc3cc(-c4ccc5ccc6c(-c7cccc8ccccc78)ccc7ccc4c5c76)cc4c3c2c(c1)n4-c1ccccc1. The molecule has 0 atom stereocenters. The standard InChI is InChI=1S/C47H26N2/c48-27-28-23-32-13-14-33-25-34(26-43-47(33)46(32)42(24-28)49(43)35-9-2-1-3-10-35)37-19-15-30-18-22-41-39(20-16-31-17-21-40(37)44(30)45(31)41)38-12-6-8-29-7-4-5-11-36(29)38/h1-26H. The lowest BCUT2D eigenvalue weighted by Gasteiger charge is -2.17. The molecular formula is C47H26N2. The zero-order chi connectivity index (χ0) is 32.2. The van der Waals surface area contributed by atoms with Gasteiger partial charge in [-0.05, 0) is 113 Å². The monoisotopic (exact) mass is 618 g/mol. The Bertz CT molecular complexity index is 3150. The summed E-state index contributed by atoms with van der Waals surface area (Å²) in [6.07, 6.45) is 0. The van der Waals surface area contributed by atoms with Gasteiger partial charge in [0.2, 0.25) is 0 Å². The minimum absolute atomic E-state index is 0.672. The van der Waals surface area contributed by atoms with Gasteiger partial charge in [0.25, 0.3) is 0 Å². The van der Waals surface area contributed by atoms with Crippen LogP contribution in [-0.2, 0) is 0 Å². The van der Waals surface area contributed by atoms with Crippen LogP contribution in [0.5, 0.6) is 0 Å². The normalized spacial score (nSPS) is 12.1. The number of benzene rings is 10. The molecule has 0 spiro atoms. The molecule has 0 aliphatic heterocycles. The molecule has 11 rings (SSSR count). The maximum absolute atomic E-state index is 9.92. The Balaban J connectivity index is 1.22. The van der Waals surface area contributed by atoms with Crippen LogP contribution in [-0.4, -0.2) is 4.57 Å². The summed E-state index contributed by atoms with van der Waals surface area (Å²) < 4.78 is 2.33. The van der Waals surface area contributed by atoms with E-state index in [0.717, 1.165) is 22.1 Å². The van der Waals surface area contributed by atoms with Gasteiger partial charge in [-0.1, -0.05) is 121 Å². The van der Waals surface area contributed by atoms with Crippen LogP contribution in [0.3, 0.4) is 0 Å². The van der Waals surface area contributed by atoms with Crippen molar-refractivity contribution in [3.05, 3.63) is 163 Å². The number of aromatic nitrogens is 1.